The van der Waals surface area contributed by atoms with Crippen LogP contribution in [-0.4, -0.2) is 19.9 Å². The van der Waals surface area contributed by atoms with Gasteiger partial charge in [0.25, 0.3) is 0 Å². The minimum atomic E-state index is -5.26. The molecule has 0 bridgehead atoms. The highest BCUT2D eigenvalue weighted by molar-refractivity contribution is 6.03. The molecule has 3 aromatic heterocycles. The first-order chi connectivity index (χ1) is 12.6. The number of alkyl halides is 6. The molecule has 4 aromatic rings. The number of hydrogen-bond acceptors (Lipinski definition) is 3. The topological polar surface area (TPSA) is 54.5 Å². The van der Waals surface area contributed by atoms with E-state index in [4.69, 9.17) is 0 Å². The van der Waals surface area contributed by atoms with Gasteiger partial charge in [-0.3, -0.25) is 4.98 Å². The van der Waals surface area contributed by atoms with Crippen molar-refractivity contribution in [2.45, 2.75) is 12.4 Å². The molecular weight excluding hydrogens is 374 g/mol. The third kappa shape index (κ3) is 2.96. The molecule has 0 aliphatic carbocycles. The van der Waals surface area contributed by atoms with Crippen molar-refractivity contribution in [3.05, 3.63) is 54.0 Å². The third-order valence-corrected chi connectivity index (χ3v) is 3.93. The zero-order valence-electron chi connectivity index (χ0n) is 13.2. The summed E-state index contributed by atoms with van der Waals surface area (Å²) in [4.78, 5) is 13.2. The molecular formula is C17H8F6N4. The molecule has 3 heterocycles. The molecule has 1 aromatic carbocycles. The lowest BCUT2D eigenvalue weighted by atomic mass is 10.1. The summed E-state index contributed by atoms with van der Waals surface area (Å²) < 4.78 is 77.8. The van der Waals surface area contributed by atoms with E-state index in [-0.39, 0.29) is 5.69 Å². The smallest absolute Gasteiger partial charge is 0.333 e. The van der Waals surface area contributed by atoms with Gasteiger partial charge < -0.3 is 4.98 Å². The van der Waals surface area contributed by atoms with Gasteiger partial charge in [-0.25, -0.2) is 9.97 Å². The number of benzene rings is 1. The van der Waals surface area contributed by atoms with Gasteiger partial charge in [0.05, 0.1) is 11.0 Å². The number of halogens is 6. The first-order valence-corrected chi connectivity index (χ1v) is 7.54. The van der Waals surface area contributed by atoms with Gasteiger partial charge in [-0.05, 0) is 12.1 Å². The Labute approximate surface area is 146 Å². The Balaban J connectivity index is 1.95. The number of H-pyrrole nitrogens is 1. The molecule has 0 amide bonds. The minimum Gasteiger partial charge on any atom is -0.333 e. The first kappa shape index (κ1) is 17.3. The SMILES string of the molecule is FC(F)(F)c1nc(-c2ccc3ccc4cccnc4c3n2)[nH]c1C(F)(F)F. The third-order valence-electron chi connectivity index (χ3n) is 3.93. The first-order valence-electron chi connectivity index (χ1n) is 7.54. The Hall–Kier alpha value is -3.17. The molecule has 0 saturated carbocycles. The highest BCUT2D eigenvalue weighted by Gasteiger charge is 2.47. The van der Waals surface area contributed by atoms with Gasteiger partial charge in [0.15, 0.2) is 17.2 Å². The molecule has 0 aliphatic heterocycles. The lowest BCUT2D eigenvalue weighted by molar-refractivity contribution is -0.165. The van der Waals surface area contributed by atoms with Crippen LogP contribution in [0.2, 0.25) is 0 Å². The Bertz CT molecular complexity index is 1130. The zero-order valence-corrected chi connectivity index (χ0v) is 13.2. The van der Waals surface area contributed by atoms with Crippen LogP contribution in [0.5, 0.6) is 0 Å². The van der Waals surface area contributed by atoms with Crippen LogP contribution >= 0.6 is 0 Å². The maximum Gasteiger partial charge on any atom is 0.435 e. The molecule has 10 heteroatoms. The van der Waals surface area contributed by atoms with E-state index in [1.54, 1.807) is 29.2 Å². The fraction of sp³-hybridized carbons (Fsp3) is 0.118. The molecule has 0 spiro atoms. The molecule has 4 nitrogen and oxygen atoms in total. The molecule has 138 valence electrons. The van der Waals surface area contributed by atoms with Gasteiger partial charge in [-0.2, -0.15) is 26.3 Å². The van der Waals surface area contributed by atoms with Gasteiger partial charge in [0.1, 0.15) is 5.69 Å². The van der Waals surface area contributed by atoms with Crippen molar-refractivity contribution in [3.8, 4) is 11.5 Å². The molecule has 1 N–H and O–H groups in total. The lowest BCUT2D eigenvalue weighted by Crippen LogP contribution is -2.16. The molecule has 27 heavy (non-hydrogen) atoms. The second-order valence-electron chi connectivity index (χ2n) is 5.71. The van der Waals surface area contributed by atoms with Gasteiger partial charge in [0.2, 0.25) is 0 Å². The number of aromatic nitrogens is 4. The van der Waals surface area contributed by atoms with Gasteiger partial charge in [-0.15, -0.1) is 0 Å². The summed E-state index contributed by atoms with van der Waals surface area (Å²) in [6.45, 7) is 0. The number of hydrogen-bond donors (Lipinski definition) is 1. The fourth-order valence-electron chi connectivity index (χ4n) is 2.76. The number of fused-ring (bicyclic) bond motifs is 3. The zero-order chi connectivity index (χ0) is 19.4. The molecule has 0 aliphatic rings. The van der Waals surface area contributed by atoms with Crippen molar-refractivity contribution < 1.29 is 26.3 Å². The lowest BCUT2D eigenvalue weighted by Gasteiger charge is -2.08. The summed E-state index contributed by atoms with van der Waals surface area (Å²) in [6, 6.07) is 9.84. The van der Waals surface area contributed by atoms with Crippen LogP contribution in [0.4, 0.5) is 26.3 Å². The number of aromatic amines is 1. The van der Waals surface area contributed by atoms with E-state index in [0.717, 1.165) is 5.39 Å². The molecule has 0 radical (unpaired) electrons. The van der Waals surface area contributed by atoms with Crippen molar-refractivity contribution in [3.63, 3.8) is 0 Å². The Morgan fingerprint density at radius 1 is 0.741 bits per heavy atom. The summed E-state index contributed by atoms with van der Waals surface area (Å²) in [7, 11) is 0. The van der Waals surface area contributed by atoms with Crippen LogP contribution in [0.25, 0.3) is 33.3 Å². The Kier molecular flexibility index (Phi) is 3.62. The van der Waals surface area contributed by atoms with Crippen LogP contribution in [0.3, 0.4) is 0 Å². The summed E-state index contributed by atoms with van der Waals surface area (Å²) >= 11 is 0. The van der Waals surface area contributed by atoms with Gasteiger partial charge in [0, 0.05) is 17.0 Å². The van der Waals surface area contributed by atoms with E-state index in [1.165, 1.54) is 18.3 Å². The molecule has 0 atom stereocenters. The maximum absolute atomic E-state index is 13.0. The van der Waals surface area contributed by atoms with Crippen LogP contribution in [0, 0.1) is 0 Å². The average molecular weight is 382 g/mol. The van der Waals surface area contributed by atoms with E-state index < -0.39 is 29.6 Å². The number of rotatable bonds is 1. The van der Waals surface area contributed by atoms with E-state index in [2.05, 4.69) is 15.0 Å². The summed E-state index contributed by atoms with van der Waals surface area (Å²) in [5.41, 5.74) is -3.30. The van der Waals surface area contributed by atoms with Gasteiger partial charge >= 0.3 is 12.4 Å². The summed E-state index contributed by atoms with van der Waals surface area (Å²) in [6.07, 6.45) is -8.97. The number of imidazole rings is 1. The van der Waals surface area contributed by atoms with E-state index in [1.807, 2.05) is 0 Å². The van der Waals surface area contributed by atoms with Crippen molar-refractivity contribution >= 4 is 21.8 Å². The standard InChI is InChI=1S/C17H8F6N4/c18-16(19,20)13-14(17(21,22)23)27-15(26-13)10-6-5-9-4-3-8-2-1-7-24-11(8)12(9)25-10/h1-7H,(H,26,27). The van der Waals surface area contributed by atoms with Crippen molar-refractivity contribution in [2.75, 3.05) is 0 Å². The Morgan fingerprint density at radius 3 is 2.04 bits per heavy atom. The van der Waals surface area contributed by atoms with Crippen LogP contribution in [0.15, 0.2) is 42.6 Å². The summed E-state index contributed by atoms with van der Waals surface area (Å²) in [5, 5.41) is 1.38. The minimum absolute atomic E-state index is 0.151. The Morgan fingerprint density at radius 2 is 1.41 bits per heavy atom. The van der Waals surface area contributed by atoms with E-state index in [9.17, 15) is 26.3 Å². The number of nitrogens with one attached hydrogen (secondary N) is 1. The quantitative estimate of drug-likeness (QED) is 0.363. The highest BCUT2D eigenvalue weighted by atomic mass is 19.4. The van der Waals surface area contributed by atoms with Crippen LogP contribution in [-0.2, 0) is 12.4 Å². The van der Waals surface area contributed by atoms with Crippen LogP contribution in [0.1, 0.15) is 11.4 Å². The number of nitrogens with zero attached hydrogens (tertiary/aromatic N) is 3. The normalized spacial score (nSPS) is 12.8. The molecule has 0 unspecified atom stereocenters. The maximum atomic E-state index is 13.0. The predicted molar refractivity (Wildman–Crippen MR) is 84.6 cm³/mol. The molecule has 0 fully saturated rings. The van der Waals surface area contributed by atoms with Crippen molar-refractivity contribution in [1.82, 2.24) is 19.9 Å². The van der Waals surface area contributed by atoms with Gasteiger partial charge in [-0.1, -0.05) is 24.3 Å². The second-order valence-corrected chi connectivity index (χ2v) is 5.71. The van der Waals surface area contributed by atoms with Crippen molar-refractivity contribution in [1.29, 1.82) is 0 Å². The fourth-order valence-corrected chi connectivity index (χ4v) is 2.76. The number of pyridine rings is 2. The van der Waals surface area contributed by atoms with E-state index in [0.29, 0.717) is 16.4 Å². The average Bonchev–Trinajstić information content (AvgIpc) is 3.07. The summed E-state index contributed by atoms with van der Waals surface area (Å²) in [5.74, 6) is -0.621. The monoisotopic (exact) mass is 382 g/mol. The van der Waals surface area contributed by atoms with E-state index >= 15 is 0 Å². The van der Waals surface area contributed by atoms with Crippen molar-refractivity contribution in [2.24, 2.45) is 0 Å². The molecule has 4 rings (SSSR count). The van der Waals surface area contributed by atoms with Crippen LogP contribution < -0.4 is 0 Å². The second kappa shape index (κ2) is 5.66. The highest BCUT2D eigenvalue weighted by Crippen LogP contribution is 2.40. The predicted octanol–water partition coefficient (Wildman–Crippen LogP) is 5.21. The molecule has 0 saturated heterocycles. The largest absolute Gasteiger partial charge is 0.435 e.